The summed E-state index contributed by atoms with van der Waals surface area (Å²) in [4.78, 5) is 2.45. The normalized spacial score (nSPS) is 14.4. The summed E-state index contributed by atoms with van der Waals surface area (Å²) in [5.41, 5.74) is 0.965. The smallest absolute Gasteiger partial charge is 0.180 e. The number of sulfone groups is 1. The van der Waals surface area contributed by atoms with Crippen molar-refractivity contribution in [3.63, 3.8) is 0 Å². The highest BCUT2D eigenvalue weighted by Gasteiger charge is 2.20. The van der Waals surface area contributed by atoms with Gasteiger partial charge in [-0.05, 0) is 24.3 Å². The number of hydrogen-bond acceptors (Lipinski definition) is 4. The van der Waals surface area contributed by atoms with Gasteiger partial charge in [0, 0.05) is 6.54 Å². The monoisotopic (exact) mass is 303 g/mol. The van der Waals surface area contributed by atoms with E-state index in [9.17, 15) is 8.42 Å². The lowest BCUT2D eigenvalue weighted by Gasteiger charge is -2.31. The Bertz CT molecular complexity index is 713. The molecule has 5 heteroatoms. The molecule has 2 aromatic carbocycles. The van der Waals surface area contributed by atoms with Crippen molar-refractivity contribution >= 4 is 15.5 Å². The molecule has 0 aromatic heterocycles. The molecule has 0 saturated carbocycles. The first kappa shape index (κ1) is 13.9. The average Bonchev–Trinajstić information content (AvgIpc) is 2.54. The number of ether oxygens (including phenoxy) is 1. The van der Waals surface area contributed by atoms with E-state index in [1.807, 2.05) is 30.3 Å². The predicted molar refractivity (Wildman–Crippen MR) is 82.6 cm³/mol. The standard InChI is InChI=1S/C16H17NO3S/c18-21(19,14-6-2-1-3-7-14)13-11-17-10-12-20-16-9-5-4-8-15(16)17/h1-9H,10-13H2. The minimum Gasteiger partial charge on any atom is -0.490 e. The summed E-state index contributed by atoms with van der Waals surface area (Å²) in [6.45, 7) is 1.77. The van der Waals surface area contributed by atoms with Crippen LogP contribution in [0.2, 0.25) is 0 Å². The first-order chi connectivity index (χ1) is 10.2. The summed E-state index contributed by atoms with van der Waals surface area (Å²) in [5, 5.41) is 0. The molecule has 0 bridgehead atoms. The molecule has 1 heterocycles. The van der Waals surface area contributed by atoms with Gasteiger partial charge >= 0.3 is 0 Å². The van der Waals surface area contributed by atoms with E-state index in [1.54, 1.807) is 24.3 Å². The third kappa shape index (κ3) is 3.03. The molecule has 0 unspecified atom stereocenters. The molecule has 0 amide bonds. The van der Waals surface area contributed by atoms with Gasteiger partial charge in [0.05, 0.1) is 22.9 Å². The van der Waals surface area contributed by atoms with Gasteiger partial charge in [0.25, 0.3) is 0 Å². The van der Waals surface area contributed by atoms with Gasteiger partial charge in [-0.1, -0.05) is 30.3 Å². The molecule has 0 fully saturated rings. The zero-order valence-corrected chi connectivity index (χ0v) is 12.4. The second-order valence-electron chi connectivity index (χ2n) is 4.94. The summed E-state index contributed by atoms with van der Waals surface area (Å²) in [5.74, 6) is 0.923. The molecule has 1 aliphatic heterocycles. The maximum atomic E-state index is 12.3. The fourth-order valence-corrected chi connectivity index (χ4v) is 3.70. The Balaban J connectivity index is 1.75. The van der Waals surface area contributed by atoms with Gasteiger partial charge in [-0.15, -0.1) is 0 Å². The second-order valence-corrected chi connectivity index (χ2v) is 7.04. The molecule has 0 aliphatic carbocycles. The van der Waals surface area contributed by atoms with Crippen LogP contribution in [-0.2, 0) is 9.84 Å². The summed E-state index contributed by atoms with van der Waals surface area (Å²) in [7, 11) is -3.24. The largest absolute Gasteiger partial charge is 0.490 e. The van der Waals surface area contributed by atoms with E-state index >= 15 is 0 Å². The molecular formula is C16H17NO3S. The first-order valence-corrected chi connectivity index (χ1v) is 8.57. The van der Waals surface area contributed by atoms with E-state index in [-0.39, 0.29) is 5.75 Å². The van der Waals surface area contributed by atoms with Crippen LogP contribution >= 0.6 is 0 Å². The number of fused-ring (bicyclic) bond motifs is 1. The van der Waals surface area contributed by atoms with Crippen LogP contribution in [0, 0.1) is 0 Å². The third-order valence-electron chi connectivity index (χ3n) is 3.56. The van der Waals surface area contributed by atoms with Crippen molar-refractivity contribution in [3.05, 3.63) is 54.6 Å². The zero-order valence-electron chi connectivity index (χ0n) is 11.6. The molecule has 0 radical (unpaired) electrons. The van der Waals surface area contributed by atoms with Crippen molar-refractivity contribution < 1.29 is 13.2 Å². The predicted octanol–water partition coefficient (Wildman–Crippen LogP) is 2.36. The van der Waals surface area contributed by atoms with E-state index < -0.39 is 9.84 Å². The Hall–Kier alpha value is -2.01. The van der Waals surface area contributed by atoms with Gasteiger partial charge in [0.15, 0.2) is 9.84 Å². The maximum absolute atomic E-state index is 12.3. The lowest BCUT2D eigenvalue weighted by molar-refractivity contribution is 0.308. The lowest BCUT2D eigenvalue weighted by Crippen LogP contribution is -2.36. The highest BCUT2D eigenvalue weighted by molar-refractivity contribution is 7.91. The summed E-state index contributed by atoms with van der Waals surface area (Å²) >= 11 is 0. The Labute approximate surface area is 124 Å². The zero-order chi connectivity index (χ0) is 14.7. The molecule has 21 heavy (non-hydrogen) atoms. The number of rotatable bonds is 4. The highest BCUT2D eigenvalue weighted by Crippen LogP contribution is 2.30. The molecule has 110 valence electrons. The number of para-hydroxylation sites is 2. The number of hydrogen-bond donors (Lipinski definition) is 0. The maximum Gasteiger partial charge on any atom is 0.180 e. The minimum atomic E-state index is -3.24. The van der Waals surface area contributed by atoms with E-state index in [0.717, 1.165) is 11.4 Å². The van der Waals surface area contributed by atoms with Crippen LogP contribution in [0.1, 0.15) is 0 Å². The number of nitrogens with zero attached hydrogens (tertiary/aromatic N) is 1. The first-order valence-electron chi connectivity index (χ1n) is 6.91. The van der Waals surface area contributed by atoms with E-state index in [2.05, 4.69) is 4.90 Å². The molecule has 2 aromatic rings. The quantitative estimate of drug-likeness (QED) is 0.870. The van der Waals surface area contributed by atoms with E-state index in [0.29, 0.717) is 24.6 Å². The average molecular weight is 303 g/mol. The third-order valence-corrected chi connectivity index (χ3v) is 5.27. The Morgan fingerprint density at radius 1 is 1.00 bits per heavy atom. The molecule has 3 rings (SSSR count). The summed E-state index contributed by atoms with van der Waals surface area (Å²) in [6.07, 6.45) is 0. The molecule has 0 saturated heterocycles. The molecule has 4 nitrogen and oxygen atoms in total. The molecule has 1 aliphatic rings. The van der Waals surface area contributed by atoms with Crippen molar-refractivity contribution in [2.45, 2.75) is 4.90 Å². The van der Waals surface area contributed by atoms with Crippen LogP contribution in [0.4, 0.5) is 5.69 Å². The highest BCUT2D eigenvalue weighted by atomic mass is 32.2. The van der Waals surface area contributed by atoms with Crippen LogP contribution < -0.4 is 9.64 Å². The van der Waals surface area contributed by atoms with Gasteiger partial charge in [0.1, 0.15) is 12.4 Å². The Morgan fingerprint density at radius 3 is 2.52 bits per heavy atom. The van der Waals surface area contributed by atoms with Gasteiger partial charge in [0.2, 0.25) is 0 Å². The van der Waals surface area contributed by atoms with Gasteiger partial charge in [-0.2, -0.15) is 0 Å². The number of anilines is 1. The van der Waals surface area contributed by atoms with Gasteiger partial charge < -0.3 is 9.64 Å². The SMILES string of the molecule is O=S(=O)(CCN1CCOc2ccccc21)c1ccccc1. The summed E-state index contributed by atoms with van der Waals surface area (Å²) in [6, 6.07) is 16.3. The number of benzene rings is 2. The van der Waals surface area contributed by atoms with Crippen LogP contribution in [0.3, 0.4) is 0 Å². The Kier molecular flexibility index (Phi) is 3.84. The molecular weight excluding hydrogens is 286 g/mol. The molecule has 0 N–H and O–H groups in total. The van der Waals surface area contributed by atoms with Crippen molar-refractivity contribution in [1.29, 1.82) is 0 Å². The second kappa shape index (κ2) is 5.77. The van der Waals surface area contributed by atoms with E-state index in [1.165, 1.54) is 0 Å². The lowest BCUT2D eigenvalue weighted by atomic mass is 10.2. The topological polar surface area (TPSA) is 46.6 Å². The summed E-state index contributed by atoms with van der Waals surface area (Å²) < 4.78 is 30.2. The van der Waals surface area contributed by atoms with Gasteiger partial charge in [-0.3, -0.25) is 0 Å². The van der Waals surface area contributed by atoms with Crippen LogP contribution in [0.5, 0.6) is 5.75 Å². The fourth-order valence-electron chi connectivity index (χ4n) is 2.44. The van der Waals surface area contributed by atoms with E-state index in [4.69, 9.17) is 4.74 Å². The van der Waals surface area contributed by atoms with Crippen molar-refractivity contribution in [2.75, 3.05) is 30.3 Å². The van der Waals surface area contributed by atoms with Gasteiger partial charge in [-0.25, -0.2) is 8.42 Å². The molecule has 0 atom stereocenters. The minimum absolute atomic E-state index is 0.103. The van der Waals surface area contributed by atoms with Crippen molar-refractivity contribution in [2.24, 2.45) is 0 Å². The van der Waals surface area contributed by atoms with Crippen LogP contribution in [0.25, 0.3) is 0 Å². The Morgan fingerprint density at radius 2 is 1.71 bits per heavy atom. The van der Waals surface area contributed by atoms with Crippen LogP contribution in [0.15, 0.2) is 59.5 Å². The fraction of sp³-hybridized carbons (Fsp3) is 0.250. The van der Waals surface area contributed by atoms with Crippen molar-refractivity contribution in [1.82, 2.24) is 0 Å². The molecule has 0 spiro atoms. The van der Waals surface area contributed by atoms with Crippen molar-refractivity contribution in [3.8, 4) is 5.75 Å². The van der Waals surface area contributed by atoms with Crippen LogP contribution in [-0.4, -0.2) is 33.9 Å².